The summed E-state index contributed by atoms with van der Waals surface area (Å²) in [5.74, 6) is 0.377. The van der Waals surface area contributed by atoms with Crippen LogP contribution >= 0.6 is 0 Å². The Morgan fingerprint density at radius 2 is 1.88 bits per heavy atom. The van der Waals surface area contributed by atoms with E-state index in [1.807, 2.05) is 55.5 Å². The summed E-state index contributed by atoms with van der Waals surface area (Å²) in [7, 11) is 0. The zero-order valence-electron chi connectivity index (χ0n) is 14.1. The molecule has 0 unspecified atom stereocenters. The number of anilines is 1. The average Bonchev–Trinajstić information content (AvgIpc) is 2.64. The molecule has 0 saturated carbocycles. The van der Waals surface area contributed by atoms with Crippen LogP contribution in [0.15, 0.2) is 55.1 Å². The van der Waals surface area contributed by atoms with E-state index in [0.29, 0.717) is 34.9 Å². The summed E-state index contributed by atoms with van der Waals surface area (Å²) >= 11 is 0. The predicted octanol–water partition coefficient (Wildman–Crippen LogP) is 4.08. The molecule has 0 spiro atoms. The average molecular weight is 329 g/mol. The normalized spacial score (nSPS) is 10.4. The van der Waals surface area contributed by atoms with E-state index in [0.717, 1.165) is 23.0 Å². The minimum atomic E-state index is 0.377. The monoisotopic (exact) mass is 329 g/mol. The van der Waals surface area contributed by atoms with Gasteiger partial charge in [-0.15, -0.1) is 0 Å². The van der Waals surface area contributed by atoms with Crippen LogP contribution in [0.25, 0.3) is 17.3 Å². The lowest BCUT2D eigenvalue weighted by molar-refractivity contribution is 0.112. The topological polar surface area (TPSA) is 68.9 Å². The van der Waals surface area contributed by atoms with Crippen molar-refractivity contribution in [2.24, 2.45) is 0 Å². The smallest absolute Gasteiger partial charge is 0.150 e. The van der Waals surface area contributed by atoms with Crippen molar-refractivity contribution in [3.63, 3.8) is 0 Å². The number of aromatic nitrogens is 2. The van der Waals surface area contributed by atoms with Crippen molar-refractivity contribution in [1.29, 1.82) is 0 Å². The number of aryl methyl sites for hydroxylation is 1. The number of nitrogen functional groups attached to an aromatic ring is 1. The lowest BCUT2D eigenvalue weighted by Crippen LogP contribution is -2.07. The second kappa shape index (κ2) is 7.09. The fourth-order valence-electron chi connectivity index (χ4n) is 2.75. The third-order valence-corrected chi connectivity index (χ3v) is 4.02. The van der Waals surface area contributed by atoms with Crippen LogP contribution in [0.1, 0.15) is 32.9 Å². The first-order chi connectivity index (χ1) is 12.1. The van der Waals surface area contributed by atoms with E-state index in [1.165, 1.54) is 0 Å². The highest BCUT2D eigenvalue weighted by Gasteiger charge is 2.15. The number of carbonyl (C=O) groups is 1. The summed E-state index contributed by atoms with van der Waals surface area (Å²) in [5, 5.41) is 0. The molecule has 0 aliphatic rings. The van der Waals surface area contributed by atoms with Gasteiger partial charge in [0.1, 0.15) is 5.82 Å². The number of hydrogen-bond acceptors (Lipinski definition) is 4. The Kier molecular flexibility index (Phi) is 4.70. The Bertz CT molecular complexity index is 933. The van der Waals surface area contributed by atoms with Gasteiger partial charge in [0.2, 0.25) is 0 Å². The lowest BCUT2D eigenvalue weighted by Gasteiger charge is -2.12. The Morgan fingerprint density at radius 3 is 2.56 bits per heavy atom. The molecule has 25 heavy (non-hydrogen) atoms. The van der Waals surface area contributed by atoms with Gasteiger partial charge in [0.15, 0.2) is 6.29 Å². The van der Waals surface area contributed by atoms with E-state index in [-0.39, 0.29) is 0 Å². The molecule has 0 atom stereocenters. The summed E-state index contributed by atoms with van der Waals surface area (Å²) in [4.78, 5) is 20.7. The number of aldehydes is 1. The molecular formula is C21H19N3O. The van der Waals surface area contributed by atoms with Crippen molar-refractivity contribution in [2.75, 3.05) is 5.73 Å². The maximum atomic E-state index is 11.5. The van der Waals surface area contributed by atoms with Gasteiger partial charge >= 0.3 is 0 Å². The quantitative estimate of drug-likeness (QED) is 0.716. The van der Waals surface area contributed by atoms with Gasteiger partial charge in [-0.2, -0.15) is 0 Å². The minimum absolute atomic E-state index is 0.377. The SMILES string of the molecule is C=Cc1nc(N)c(Cc2ccccc2)nc1-c1ccc(C)cc1C=O. The maximum Gasteiger partial charge on any atom is 0.150 e. The molecule has 4 nitrogen and oxygen atoms in total. The first kappa shape index (κ1) is 16.6. The molecule has 0 bridgehead atoms. The maximum absolute atomic E-state index is 11.5. The van der Waals surface area contributed by atoms with Crippen LogP contribution in [0.2, 0.25) is 0 Å². The number of hydrogen-bond donors (Lipinski definition) is 1. The Labute approximate surface area is 147 Å². The van der Waals surface area contributed by atoms with Gasteiger partial charge in [0.05, 0.1) is 17.1 Å². The van der Waals surface area contributed by atoms with Crippen molar-refractivity contribution in [3.05, 3.63) is 83.2 Å². The molecule has 0 amide bonds. The minimum Gasteiger partial charge on any atom is -0.382 e. The fraction of sp³-hybridized carbons (Fsp3) is 0.0952. The first-order valence-corrected chi connectivity index (χ1v) is 8.01. The van der Waals surface area contributed by atoms with Crippen LogP contribution in [0.5, 0.6) is 0 Å². The standard InChI is InChI=1S/C21H19N3O/c1-3-18-20(17-10-9-14(2)11-16(17)13-25)23-19(21(22)24-18)12-15-7-5-4-6-8-15/h3-11,13H,1,12H2,2H3,(H2,22,24). The molecule has 0 radical (unpaired) electrons. The van der Waals surface area contributed by atoms with Gasteiger partial charge in [-0.3, -0.25) is 4.79 Å². The summed E-state index contributed by atoms with van der Waals surface area (Å²) in [6.45, 7) is 5.74. The van der Waals surface area contributed by atoms with E-state index in [1.54, 1.807) is 6.08 Å². The summed E-state index contributed by atoms with van der Waals surface area (Å²) < 4.78 is 0. The number of nitrogens with two attached hydrogens (primary N) is 1. The fourth-order valence-corrected chi connectivity index (χ4v) is 2.75. The van der Waals surface area contributed by atoms with E-state index >= 15 is 0 Å². The molecule has 0 fully saturated rings. The molecule has 4 heteroatoms. The Morgan fingerprint density at radius 1 is 1.12 bits per heavy atom. The van der Waals surface area contributed by atoms with Crippen molar-refractivity contribution in [3.8, 4) is 11.3 Å². The predicted molar refractivity (Wildman–Crippen MR) is 101 cm³/mol. The van der Waals surface area contributed by atoms with E-state index in [2.05, 4.69) is 11.6 Å². The van der Waals surface area contributed by atoms with Crippen LogP contribution in [-0.4, -0.2) is 16.3 Å². The van der Waals surface area contributed by atoms with Gasteiger partial charge in [-0.1, -0.05) is 54.6 Å². The molecule has 2 aromatic carbocycles. The molecule has 0 aliphatic heterocycles. The number of rotatable bonds is 5. The number of carbonyl (C=O) groups excluding carboxylic acids is 1. The highest BCUT2D eigenvalue weighted by atomic mass is 16.1. The molecule has 0 aliphatic carbocycles. The second-order valence-electron chi connectivity index (χ2n) is 5.86. The van der Waals surface area contributed by atoms with E-state index < -0.39 is 0 Å². The van der Waals surface area contributed by atoms with Crippen molar-refractivity contribution >= 4 is 18.2 Å². The van der Waals surface area contributed by atoms with Crippen LogP contribution in [0.4, 0.5) is 5.82 Å². The van der Waals surface area contributed by atoms with Crippen LogP contribution in [0.3, 0.4) is 0 Å². The zero-order chi connectivity index (χ0) is 17.8. The second-order valence-corrected chi connectivity index (χ2v) is 5.86. The van der Waals surface area contributed by atoms with Gasteiger partial charge in [0, 0.05) is 17.5 Å². The molecule has 0 saturated heterocycles. The number of benzene rings is 2. The van der Waals surface area contributed by atoms with Gasteiger partial charge in [-0.05, 0) is 24.6 Å². The third-order valence-electron chi connectivity index (χ3n) is 4.02. The molecule has 3 aromatic rings. The van der Waals surface area contributed by atoms with Gasteiger partial charge < -0.3 is 5.73 Å². The highest BCUT2D eigenvalue weighted by molar-refractivity contribution is 5.88. The Hall–Kier alpha value is -3.27. The Balaban J connectivity index is 2.14. The first-order valence-electron chi connectivity index (χ1n) is 8.01. The van der Waals surface area contributed by atoms with Gasteiger partial charge in [0.25, 0.3) is 0 Å². The molecule has 1 heterocycles. The van der Waals surface area contributed by atoms with Gasteiger partial charge in [-0.25, -0.2) is 9.97 Å². The largest absolute Gasteiger partial charge is 0.382 e. The van der Waals surface area contributed by atoms with Crippen LogP contribution in [-0.2, 0) is 6.42 Å². The van der Waals surface area contributed by atoms with E-state index in [9.17, 15) is 4.79 Å². The molecule has 3 rings (SSSR count). The highest BCUT2D eigenvalue weighted by Crippen LogP contribution is 2.28. The summed E-state index contributed by atoms with van der Waals surface area (Å²) in [6.07, 6.45) is 3.02. The van der Waals surface area contributed by atoms with E-state index in [4.69, 9.17) is 10.7 Å². The molecule has 2 N–H and O–H groups in total. The van der Waals surface area contributed by atoms with Crippen LogP contribution in [0, 0.1) is 6.92 Å². The molecule has 124 valence electrons. The molecule has 1 aromatic heterocycles. The lowest BCUT2D eigenvalue weighted by atomic mass is 10.0. The van der Waals surface area contributed by atoms with Crippen molar-refractivity contribution in [1.82, 2.24) is 9.97 Å². The van der Waals surface area contributed by atoms with Crippen molar-refractivity contribution < 1.29 is 4.79 Å². The van der Waals surface area contributed by atoms with Crippen LogP contribution < -0.4 is 5.73 Å². The van der Waals surface area contributed by atoms with Crippen molar-refractivity contribution in [2.45, 2.75) is 13.3 Å². The summed E-state index contributed by atoms with van der Waals surface area (Å²) in [5.41, 5.74) is 11.4. The summed E-state index contributed by atoms with van der Waals surface area (Å²) in [6, 6.07) is 15.6. The number of nitrogens with zero attached hydrogens (tertiary/aromatic N) is 2. The zero-order valence-corrected chi connectivity index (χ0v) is 14.1. The third kappa shape index (κ3) is 3.48. The molecular weight excluding hydrogens is 310 g/mol.